The van der Waals surface area contributed by atoms with Gasteiger partial charge in [0.1, 0.15) is 6.04 Å². The van der Waals surface area contributed by atoms with Gasteiger partial charge in [-0.15, -0.1) is 0 Å². The van der Waals surface area contributed by atoms with Crippen LogP contribution < -0.4 is 10.8 Å². The molecule has 23 heavy (non-hydrogen) atoms. The van der Waals surface area contributed by atoms with Crippen LogP contribution >= 0.6 is 0 Å². The largest absolute Gasteiger partial charge is 0.494 e. The highest BCUT2D eigenvalue weighted by Crippen LogP contribution is 2.19. The second kappa shape index (κ2) is 7.47. The maximum Gasteiger partial charge on any atom is 0.494 e. The van der Waals surface area contributed by atoms with E-state index >= 15 is 0 Å². The fourth-order valence-corrected chi connectivity index (χ4v) is 2.54. The van der Waals surface area contributed by atoms with Gasteiger partial charge < -0.3 is 19.4 Å². The van der Waals surface area contributed by atoms with Gasteiger partial charge in [0.25, 0.3) is 0 Å². The van der Waals surface area contributed by atoms with Crippen molar-refractivity contribution in [2.75, 3.05) is 13.7 Å². The minimum Gasteiger partial charge on any atom is -0.468 e. The molecule has 0 radical (unpaired) electrons. The second-order valence-electron chi connectivity index (χ2n) is 6.89. The average molecular weight is 319 g/mol. The molecule has 1 aromatic rings. The summed E-state index contributed by atoms with van der Waals surface area (Å²) in [6, 6.07) is 7.75. The SMILES string of the molecule is COC(=O)C(NCc1ccc(B2OCC(C)(C)O2)cc1)C(C)C. The molecule has 1 unspecified atom stereocenters. The van der Waals surface area contributed by atoms with E-state index < -0.39 is 0 Å². The highest BCUT2D eigenvalue weighted by atomic mass is 16.7. The van der Waals surface area contributed by atoms with Crippen LogP contribution in [0.1, 0.15) is 33.3 Å². The zero-order valence-corrected chi connectivity index (χ0v) is 14.6. The quantitative estimate of drug-likeness (QED) is 0.636. The predicted molar refractivity (Wildman–Crippen MR) is 90.4 cm³/mol. The third-order valence-corrected chi connectivity index (χ3v) is 3.91. The average Bonchev–Trinajstić information content (AvgIpc) is 2.87. The van der Waals surface area contributed by atoms with Crippen LogP contribution in [0.25, 0.3) is 0 Å². The van der Waals surface area contributed by atoms with E-state index in [1.54, 1.807) is 0 Å². The summed E-state index contributed by atoms with van der Waals surface area (Å²) in [6.07, 6.45) is 0. The number of methoxy groups -OCH3 is 1. The molecule has 1 N–H and O–H groups in total. The van der Waals surface area contributed by atoms with E-state index in [0.29, 0.717) is 13.2 Å². The topological polar surface area (TPSA) is 56.8 Å². The number of hydrogen-bond acceptors (Lipinski definition) is 5. The molecule has 1 aliphatic rings. The van der Waals surface area contributed by atoms with Crippen molar-refractivity contribution in [3.8, 4) is 0 Å². The zero-order chi connectivity index (χ0) is 17.0. The minimum absolute atomic E-state index is 0.171. The third-order valence-electron chi connectivity index (χ3n) is 3.91. The van der Waals surface area contributed by atoms with Gasteiger partial charge in [0.05, 0.1) is 19.3 Å². The lowest BCUT2D eigenvalue weighted by atomic mass is 9.79. The van der Waals surface area contributed by atoms with Crippen molar-refractivity contribution in [2.45, 2.75) is 45.9 Å². The molecular formula is C17H26BNO4. The van der Waals surface area contributed by atoms with Crippen molar-refractivity contribution in [1.29, 1.82) is 0 Å². The number of rotatable bonds is 6. The van der Waals surface area contributed by atoms with Gasteiger partial charge in [-0.2, -0.15) is 0 Å². The van der Waals surface area contributed by atoms with E-state index in [1.807, 2.05) is 52.0 Å². The van der Waals surface area contributed by atoms with Gasteiger partial charge in [-0.25, -0.2) is 0 Å². The van der Waals surface area contributed by atoms with Crippen LogP contribution in [-0.4, -0.2) is 38.4 Å². The van der Waals surface area contributed by atoms with E-state index in [-0.39, 0.29) is 30.6 Å². The molecule has 1 atom stereocenters. The minimum atomic E-state index is -0.304. The first-order chi connectivity index (χ1) is 10.8. The number of nitrogens with one attached hydrogen (secondary N) is 1. The summed E-state index contributed by atoms with van der Waals surface area (Å²) in [6.45, 7) is 9.23. The normalized spacial score (nSPS) is 18.3. The molecule has 0 bridgehead atoms. The first kappa shape index (κ1) is 18.0. The highest BCUT2D eigenvalue weighted by molar-refractivity contribution is 6.61. The summed E-state index contributed by atoms with van der Waals surface area (Å²) < 4.78 is 16.4. The van der Waals surface area contributed by atoms with E-state index in [9.17, 15) is 4.79 Å². The molecule has 2 rings (SSSR count). The molecule has 1 fully saturated rings. The number of ether oxygens (including phenoxy) is 1. The van der Waals surface area contributed by atoms with Crippen molar-refractivity contribution in [3.05, 3.63) is 29.8 Å². The Kier molecular flexibility index (Phi) is 5.84. The lowest BCUT2D eigenvalue weighted by Crippen LogP contribution is -2.41. The number of esters is 1. The molecule has 126 valence electrons. The monoisotopic (exact) mass is 319 g/mol. The van der Waals surface area contributed by atoms with Crippen LogP contribution in [-0.2, 0) is 25.4 Å². The first-order valence-electron chi connectivity index (χ1n) is 8.02. The Morgan fingerprint density at radius 1 is 1.35 bits per heavy atom. The van der Waals surface area contributed by atoms with Crippen LogP contribution in [0, 0.1) is 5.92 Å². The Hall–Kier alpha value is -1.37. The van der Waals surface area contributed by atoms with Crippen LogP contribution in [0.15, 0.2) is 24.3 Å². The number of carbonyl (C=O) groups excluding carboxylic acids is 1. The number of hydrogen-bond donors (Lipinski definition) is 1. The Bertz CT molecular complexity index is 530. The highest BCUT2D eigenvalue weighted by Gasteiger charge is 2.37. The maximum absolute atomic E-state index is 11.7. The molecule has 1 aliphatic heterocycles. The molecule has 6 heteroatoms. The van der Waals surface area contributed by atoms with E-state index in [0.717, 1.165) is 11.0 Å². The van der Waals surface area contributed by atoms with E-state index in [2.05, 4.69) is 5.32 Å². The Morgan fingerprint density at radius 3 is 2.48 bits per heavy atom. The van der Waals surface area contributed by atoms with Crippen LogP contribution in [0.4, 0.5) is 0 Å². The third kappa shape index (κ3) is 4.80. The number of carbonyl (C=O) groups is 1. The van der Waals surface area contributed by atoms with Crippen molar-refractivity contribution < 1.29 is 18.8 Å². The van der Waals surface area contributed by atoms with E-state index in [1.165, 1.54) is 7.11 Å². The summed E-state index contributed by atoms with van der Waals surface area (Å²) in [7, 11) is 1.11. The summed E-state index contributed by atoms with van der Waals surface area (Å²) in [5.41, 5.74) is 1.86. The van der Waals surface area contributed by atoms with Crippen LogP contribution in [0.3, 0.4) is 0 Å². The van der Waals surface area contributed by atoms with Crippen molar-refractivity contribution in [3.63, 3.8) is 0 Å². The van der Waals surface area contributed by atoms with Crippen molar-refractivity contribution in [2.24, 2.45) is 5.92 Å². The van der Waals surface area contributed by atoms with E-state index in [4.69, 9.17) is 14.0 Å². The molecule has 1 saturated heterocycles. The van der Waals surface area contributed by atoms with Crippen molar-refractivity contribution in [1.82, 2.24) is 5.32 Å². The van der Waals surface area contributed by atoms with Gasteiger partial charge in [-0.05, 0) is 30.8 Å². The lowest BCUT2D eigenvalue weighted by Gasteiger charge is -2.20. The molecule has 0 spiro atoms. The van der Waals surface area contributed by atoms with Gasteiger partial charge >= 0.3 is 13.1 Å². The molecule has 1 aromatic carbocycles. The Labute approximate surface area is 138 Å². The zero-order valence-electron chi connectivity index (χ0n) is 14.6. The molecular weight excluding hydrogens is 293 g/mol. The summed E-state index contributed by atoms with van der Waals surface area (Å²) in [5, 5.41) is 3.25. The van der Waals surface area contributed by atoms with Crippen molar-refractivity contribution >= 4 is 18.6 Å². The molecule has 0 amide bonds. The molecule has 0 aliphatic carbocycles. The second-order valence-corrected chi connectivity index (χ2v) is 6.89. The maximum atomic E-state index is 11.7. The fourth-order valence-electron chi connectivity index (χ4n) is 2.54. The molecule has 5 nitrogen and oxygen atoms in total. The van der Waals surface area contributed by atoms with Gasteiger partial charge in [0.15, 0.2) is 0 Å². The van der Waals surface area contributed by atoms with Gasteiger partial charge in [0, 0.05) is 6.54 Å². The molecule has 0 saturated carbocycles. The predicted octanol–water partition coefficient (Wildman–Crippen LogP) is 1.49. The first-order valence-corrected chi connectivity index (χ1v) is 8.02. The Morgan fingerprint density at radius 2 is 2.00 bits per heavy atom. The number of benzene rings is 1. The molecule has 0 aromatic heterocycles. The van der Waals surface area contributed by atoms with Gasteiger partial charge in [-0.1, -0.05) is 38.1 Å². The van der Waals surface area contributed by atoms with Gasteiger partial charge in [-0.3, -0.25) is 4.79 Å². The lowest BCUT2D eigenvalue weighted by molar-refractivity contribution is -0.144. The Balaban J connectivity index is 1.94. The standard InChI is InChI=1S/C17H26BNO4/c1-12(2)15(16(20)21-5)19-10-13-6-8-14(9-7-13)18-22-11-17(3,4)23-18/h6-9,12,15,19H,10-11H2,1-5H3. The molecule has 1 heterocycles. The summed E-state index contributed by atoms with van der Waals surface area (Å²) >= 11 is 0. The van der Waals surface area contributed by atoms with Gasteiger partial charge in [0.2, 0.25) is 0 Å². The smallest absolute Gasteiger partial charge is 0.468 e. The fraction of sp³-hybridized carbons (Fsp3) is 0.588. The van der Waals surface area contributed by atoms with Crippen LogP contribution in [0.5, 0.6) is 0 Å². The summed E-state index contributed by atoms with van der Waals surface area (Å²) in [4.78, 5) is 11.7. The summed E-state index contributed by atoms with van der Waals surface area (Å²) in [5.74, 6) is -0.0594. The van der Waals surface area contributed by atoms with Crippen LogP contribution in [0.2, 0.25) is 0 Å².